The number of amides is 1. The molecule has 2 aromatic carbocycles. The molecule has 0 aliphatic carbocycles. The number of para-hydroxylation sites is 1. The molecule has 4 rings (SSSR count). The number of hydrogen-bond acceptors (Lipinski definition) is 4. The summed E-state index contributed by atoms with van der Waals surface area (Å²) in [5.74, 6) is -0.0131. The summed E-state index contributed by atoms with van der Waals surface area (Å²) in [6.07, 6.45) is 1.08. The first-order valence-corrected chi connectivity index (χ1v) is 12.0. The zero-order chi connectivity index (χ0) is 21.3. The van der Waals surface area contributed by atoms with Crippen LogP contribution in [0.1, 0.15) is 18.4 Å². The van der Waals surface area contributed by atoms with Gasteiger partial charge in [-0.3, -0.25) is 4.79 Å². The summed E-state index contributed by atoms with van der Waals surface area (Å²) < 4.78 is 27.2. The van der Waals surface area contributed by atoms with Crippen molar-refractivity contribution in [2.24, 2.45) is 5.92 Å². The molecule has 6 nitrogen and oxygen atoms in total. The number of carbonyl (C=O) groups is 1. The van der Waals surface area contributed by atoms with E-state index in [9.17, 15) is 13.2 Å². The Balaban J connectivity index is 1.42. The topological polar surface area (TPSA) is 60.9 Å². The molecule has 1 amide bonds. The van der Waals surface area contributed by atoms with Crippen molar-refractivity contribution < 1.29 is 13.2 Å². The number of hydrogen-bond donors (Lipinski definition) is 0. The van der Waals surface area contributed by atoms with Gasteiger partial charge in [0.25, 0.3) is 0 Å². The quantitative estimate of drug-likeness (QED) is 0.724. The number of halogens is 1. The molecule has 1 saturated heterocycles. The van der Waals surface area contributed by atoms with Crippen LogP contribution in [0, 0.1) is 5.92 Å². The first-order chi connectivity index (χ1) is 14.4. The van der Waals surface area contributed by atoms with Crippen molar-refractivity contribution >= 4 is 33.2 Å². The molecule has 2 aliphatic heterocycles. The zero-order valence-electron chi connectivity index (χ0n) is 17.0. The fourth-order valence-electron chi connectivity index (χ4n) is 4.24. The van der Waals surface area contributed by atoms with E-state index in [0.29, 0.717) is 44.0 Å². The van der Waals surface area contributed by atoms with E-state index < -0.39 is 10.0 Å². The van der Waals surface area contributed by atoms with Crippen molar-refractivity contribution in [3.63, 3.8) is 0 Å². The highest BCUT2D eigenvalue weighted by molar-refractivity contribution is 7.89. The minimum atomic E-state index is -3.56. The smallest absolute Gasteiger partial charge is 0.243 e. The molecule has 8 heteroatoms. The van der Waals surface area contributed by atoms with Crippen molar-refractivity contribution in [3.8, 4) is 0 Å². The van der Waals surface area contributed by atoms with Crippen LogP contribution in [0.15, 0.2) is 53.4 Å². The van der Waals surface area contributed by atoms with Crippen molar-refractivity contribution in [2.45, 2.75) is 24.3 Å². The van der Waals surface area contributed by atoms with Crippen LogP contribution in [0.2, 0.25) is 5.02 Å². The summed E-state index contributed by atoms with van der Waals surface area (Å²) in [7, 11) is -1.51. The Hall–Kier alpha value is -2.09. The molecule has 0 unspecified atom stereocenters. The molecule has 0 atom stereocenters. The highest BCUT2D eigenvalue weighted by atomic mass is 35.5. The van der Waals surface area contributed by atoms with Gasteiger partial charge in [-0.1, -0.05) is 29.8 Å². The minimum absolute atomic E-state index is 0.128. The van der Waals surface area contributed by atoms with Crippen LogP contribution in [0.25, 0.3) is 0 Å². The van der Waals surface area contributed by atoms with Crippen molar-refractivity contribution in [1.29, 1.82) is 0 Å². The van der Waals surface area contributed by atoms with E-state index in [0.717, 1.165) is 17.8 Å². The highest BCUT2D eigenvalue weighted by Crippen LogP contribution is 2.28. The predicted molar refractivity (Wildman–Crippen MR) is 118 cm³/mol. The molecule has 0 spiro atoms. The number of rotatable bonds is 3. The average molecular weight is 448 g/mol. The molecule has 0 bridgehead atoms. The molecule has 0 radical (unpaired) electrons. The number of nitrogens with zero attached hydrogens (tertiary/aromatic N) is 3. The van der Waals surface area contributed by atoms with E-state index >= 15 is 0 Å². The third-order valence-corrected chi connectivity index (χ3v) is 8.20. The van der Waals surface area contributed by atoms with Gasteiger partial charge >= 0.3 is 0 Å². The van der Waals surface area contributed by atoms with Crippen LogP contribution < -0.4 is 4.90 Å². The summed E-state index contributed by atoms with van der Waals surface area (Å²) in [5, 5.41) is 0.503. The normalized spacial score (nSPS) is 18.7. The largest absolute Gasteiger partial charge is 0.373 e. The lowest BCUT2D eigenvalue weighted by Gasteiger charge is -2.33. The summed E-state index contributed by atoms with van der Waals surface area (Å²) in [6, 6.07) is 14.4. The van der Waals surface area contributed by atoms with Gasteiger partial charge in [0.15, 0.2) is 0 Å². The Morgan fingerprint density at radius 1 is 0.967 bits per heavy atom. The third-order valence-electron chi connectivity index (χ3n) is 6.04. The van der Waals surface area contributed by atoms with Gasteiger partial charge in [0, 0.05) is 56.4 Å². The Labute approximate surface area is 183 Å². The van der Waals surface area contributed by atoms with Gasteiger partial charge in [0.1, 0.15) is 0 Å². The fourth-order valence-corrected chi connectivity index (χ4v) is 5.83. The molecule has 1 fully saturated rings. The van der Waals surface area contributed by atoms with Crippen LogP contribution >= 0.6 is 11.6 Å². The molecule has 2 heterocycles. The summed E-state index contributed by atoms with van der Waals surface area (Å²) in [5.41, 5.74) is 2.31. The Morgan fingerprint density at radius 3 is 2.33 bits per heavy atom. The zero-order valence-corrected chi connectivity index (χ0v) is 18.6. The third kappa shape index (κ3) is 4.19. The standard InChI is InChI=1S/C22H26ClN3O3S/c1-24-14-15-25(16-18-4-2-3-5-21(18)24)22(27)17-10-12-26(13-11-17)30(28,29)20-8-6-19(23)7-9-20/h2-9,17H,10-16H2,1H3. The number of sulfonamides is 1. The SMILES string of the molecule is CN1CCN(C(=O)C2CCN(S(=O)(=O)c3ccc(Cl)cc3)CC2)Cc2ccccc21. The van der Waals surface area contributed by atoms with Gasteiger partial charge in [0.2, 0.25) is 15.9 Å². The van der Waals surface area contributed by atoms with E-state index in [1.165, 1.54) is 16.4 Å². The molecule has 2 aromatic rings. The lowest BCUT2D eigenvalue weighted by molar-refractivity contribution is -0.137. The van der Waals surface area contributed by atoms with Gasteiger partial charge in [-0.15, -0.1) is 0 Å². The van der Waals surface area contributed by atoms with Crippen molar-refractivity contribution in [2.75, 3.05) is 38.1 Å². The minimum Gasteiger partial charge on any atom is -0.373 e. The Kier molecular flexibility index (Phi) is 6.04. The monoisotopic (exact) mass is 447 g/mol. The van der Waals surface area contributed by atoms with Crippen LogP contribution in [-0.2, 0) is 21.4 Å². The second kappa shape index (κ2) is 8.57. The second-order valence-corrected chi connectivity index (χ2v) is 10.3. The maximum absolute atomic E-state index is 13.2. The lowest BCUT2D eigenvalue weighted by Crippen LogP contribution is -2.45. The summed E-state index contributed by atoms with van der Waals surface area (Å²) in [6.45, 7) is 2.76. The highest BCUT2D eigenvalue weighted by Gasteiger charge is 2.34. The average Bonchev–Trinajstić information content (AvgIpc) is 2.93. The van der Waals surface area contributed by atoms with E-state index in [-0.39, 0.29) is 16.7 Å². The van der Waals surface area contributed by atoms with Gasteiger partial charge in [-0.2, -0.15) is 4.31 Å². The molecule has 0 N–H and O–H groups in total. The molecule has 0 saturated carbocycles. The van der Waals surface area contributed by atoms with Gasteiger partial charge in [-0.05, 0) is 48.7 Å². The molecular formula is C22H26ClN3O3S. The second-order valence-electron chi connectivity index (χ2n) is 7.94. The molecule has 0 aromatic heterocycles. The number of likely N-dealkylation sites (N-methyl/N-ethyl adjacent to an activating group) is 1. The molecule has 2 aliphatic rings. The number of fused-ring (bicyclic) bond motifs is 1. The van der Waals surface area contributed by atoms with E-state index in [4.69, 9.17) is 11.6 Å². The number of anilines is 1. The van der Waals surface area contributed by atoms with Crippen LogP contribution in [0.5, 0.6) is 0 Å². The fraction of sp³-hybridized carbons (Fsp3) is 0.409. The summed E-state index contributed by atoms with van der Waals surface area (Å²) in [4.78, 5) is 17.6. The molecule has 30 heavy (non-hydrogen) atoms. The van der Waals surface area contributed by atoms with E-state index in [1.54, 1.807) is 12.1 Å². The van der Waals surface area contributed by atoms with Crippen molar-refractivity contribution in [1.82, 2.24) is 9.21 Å². The van der Waals surface area contributed by atoms with Crippen molar-refractivity contribution in [3.05, 3.63) is 59.1 Å². The molecule has 160 valence electrons. The van der Waals surface area contributed by atoms with E-state index in [1.807, 2.05) is 24.1 Å². The molecular weight excluding hydrogens is 422 g/mol. The Morgan fingerprint density at radius 2 is 1.63 bits per heavy atom. The van der Waals surface area contributed by atoms with E-state index in [2.05, 4.69) is 17.0 Å². The number of carbonyl (C=O) groups excluding carboxylic acids is 1. The lowest BCUT2D eigenvalue weighted by atomic mass is 9.96. The van der Waals surface area contributed by atoms with Crippen LogP contribution in [-0.4, -0.2) is 56.8 Å². The Bertz CT molecular complexity index is 1020. The predicted octanol–water partition coefficient (Wildman–Crippen LogP) is 3.22. The van der Waals surface area contributed by atoms with Crippen LogP contribution in [0.4, 0.5) is 5.69 Å². The maximum Gasteiger partial charge on any atom is 0.243 e. The number of piperidine rings is 1. The van der Waals surface area contributed by atoms with Crippen LogP contribution in [0.3, 0.4) is 0 Å². The van der Waals surface area contributed by atoms with Gasteiger partial charge < -0.3 is 9.80 Å². The first kappa shape index (κ1) is 21.2. The van der Waals surface area contributed by atoms with Gasteiger partial charge in [-0.25, -0.2) is 8.42 Å². The first-order valence-electron chi connectivity index (χ1n) is 10.2. The number of benzene rings is 2. The maximum atomic E-state index is 13.2. The van der Waals surface area contributed by atoms with Gasteiger partial charge in [0.05, 0.1) is 4.90 Å². The summed E-state index contributed by atoms with van der Waals surface area (Å²) >= 11 is 5.87.